The van der Waals surface area contributed by atoms with Crippen LogP contribution in [0, 0.1) is 0 Å². The zero-order chi connectivity index (χ0) is 6.97. The Morgan fingerprint density at radius 1 is 1.18 bits per heavy atom. The molecular formula is C9H7SiTi+4. The Balaban J connectivity index is 0.000000605. The number of fused-ring (bicyclic) bond motifs is 1. The molecule has 0 saturated carbocycles. The van der Waals surface area contributed by atoms with Crippen LogP contribution in [0.15, 0.2) is 29.5 Å². The van der Waals surface area contributed by atoms with Gasteiger partial charge < -0.3 is 0 Å². The molecule has 0 unspecified atom stereocenters. The monoisotopic (exact) mass is 191 g/mol. The van der Waals surface area contributed by atoms with Gasteiger partial charge in [0.25, 0.3) is 0 Å². The second-order valence-corrected chi connectivity index (χ2v) is 3.19. The molecule has 2 rings (SSSR count). The van der Waals surface area contributed by atoms with Crippen LogP contribution in [-0.4, -0.2) is 10.2 Å². The molecule has 0 nitrogen and oxygen atoms in total. The maximum absolute atomic E-state index is 3.53. The molecule has 1 aromatic carbocycles. The number of benzene rings is 1. The van der Waals surface area contributed by atoms with Crippen molar-refractivity contribution in [1.29, 1.82) is 0 Å². The van der Waals surface area contributed by atoms with Gasteiger partial charge in [-0.1, -0.05) is 35.5 Å². The molecule has 3 radical (unpaired) electrons. The molecule has 1 aromatic rings. The van der Waals surface area contributed by atoms with Gasteiger partial charge in [0.1, 0.15) is 0 Å². The van der Waals surface area contributed by atoms with Crippen molar-refractivity contribution < 1.29 is 21.7 Å². The van der Waals surface area contributed by atoms with Crippen LogP contribution in [-0.2, 0) is 28.1 Å². The van der Waals surface area contributed by atoms with E-state index in [1.54, 1.807) is 0 Å². The fourth-order valence-electron chi connectivity index (χ4n) is 1.28. The van der Waals surface area contributed by atoms with Gasteiger partial charge in [0.05, 0.1) is 10.2 Å². The SMILES string of the molecule is [Si]C1=Cc2ccccc2C1.[Ti+4]. The summed E-state index contributed by atoms with van der Waals surface area (Å²) in [6.45, 7) is 0. The molecule has 0 atom stereocenters. The van der Waals surface area contributed by atoms with Crippen molar-refractivity contribution in [3.05, 3.63) is 40.6 Å². The van der Waals surface area contributed by atoms with E-state index in [0.29, 0.717) is 0 Å². The Labute approximate surface area is 85.0 Å². The standard InChI is InChI=1S/C9H7Si.Ti/c10-9-5-7-3-1-2-4-8(7)6-9;/h1-5H,6H2;/q;+4. The van der Waals surface area contributed by atoms with Crippen LogP contribution in [0.2, 0.25) is 0 Å². The average molecular weight is 191 g/mol. The summed E-state index contributed by atoms with van der Waals surface area (Å²) >= 11 is 0. The van der Waals surface area contributed by atoms with Crippen LogP contribution in [0.4, 0.5) is 0 Å². The second kappa shape index (κ2) is 3.53. The smallest absolute Gasteiger partial charge is 0.0835 e. The van der Waals surface area contributed by atoms with E-state index in [0.717, 1.165) is 6.42 Å². The molecule has 1 aliphatic carbocycles. The number of rotatable bonds is 0. The quantitative estimate of drug-likeness (QED) is 0.548. The van der Waals surface area contributed by atoms with Gasteiger partial charge in [-0.25, -0.2) is 0 Å². The second-order valence-electron chi connectivity index (χ2n) is 2.55. The molecular weight excluding hydrogens is 184 g/mol. The molecule has 2 heteroatoms. The fourth-order valence-corrected chi connectivity index (χ4v) is 1.63. The predicted octanol–water partition coefficient (Wildman–Crippen LogP) is 1.75. The number of hydrogen-bond donors (Lipinski definition) is 0. The third kappa shape index (κ3) is 1.73. The molecule has 11 heavy (non-hydrogen) atoms. The summed E-state index contributed by atoms with van der Waals surface area (Å²) in [7, 11) is 3.53. The van der Waals surface area contributed by atoms with Gasteiger partial charge in [-0.05, 0) is 17.5 Å². The zero-order valence-corrected chi connectivity index (χ0v) is 8.66. The zero-order valence-electron chi connectivity index (χ0n) is 6.09. The average Bonchev–Trinajstić information content (AvgIpc) is 2.27. The van der Waals surface area contributed by atoms with Gasteiger partial charge in [-0.2, -0.15) is 0 Å². The van der Waals surface area contributed by atoms with Gasteiger partial charge in [0, 0.05) is 0 Å². The molecule has 0 fully saturated rings. The maximum atomic E-state index is 3.53. The van der Waals surface area contributed by atoms with E-state index in [4.69, 9.17) is 0 Å². The number of hydrogen-bond acceptors (Lipinski definition) is 0. The van der Waals surface area contributed by atoms with Crippen LogP contribution < -0.4 is 0 Å². The van der Waals surface area contributed by atoms with E-state index in [2.05, 4.69) is 40.6 Å². The Hall–Kier alpha value is -0.109. The van der Waals surface area contributed by atoms with Crippen molar-refractivity contribution in [1.82, 2.24) is 0 Å². The Kier molecular flexibility index (Phi) is 2.88. The minimum Gasteiger partial charge on any atom is -0.0835 e. The first-order valence-electron chi connectivity index (χ1n) is 3.36. The van der Waals surface area contributed by atoms with E-state index < -0.39 is 0 Å². The van der Waals surface area contributed by atoms with Crippen molar-refractivity contribution in [2.45, 2.75) is 6.42 Å². The molecule has 0 spiro atoms. The normalized spacial score (nSPS) is 13.4. The molecule has 47 valence electrons. The molecule has 0 aromatic heterocycles. The van der Waals surface area contributed by atoms with E-state index in [1.165, 1.54) is 16.3 Å². The maximum Gasteiger partial charge on any atom is 4.00 e. The summed E-state index contributed by atoms with van der Waals surface area (Å²) in [5.41, 5.74) is 2.78. The van der Waals surface area contributed by atoms with Crippen molar-refractivity contribution in [2.75, 3.05) is 0 Å². The van der Waals surface area contributed by atoms with Gasteiger partial charge in [0.2, 0.25) is 0 Å². The largest absolute Gasteiger partial charge is 4.00 e. The van der Waals surface area contributed by atoms with Gasteiger partial charge in [0.15, 0.2) is 0 Å². The van der Waals surface area contributed by atoms with E-state index in [-0.39, 0.29) is 21.7 Å². The summed E-state index contributed by atoms with van der Waals surface area (Å²) in [5, 5.41) is 1.28. The van der Waals surface area contributed by atoms with E-state index in [1.807, 2.05) is 0 Å². The first-order valence-corrected chi connectivity index (χ1v) is 3.86. The van der Waals surface area contributed by atoms with Crippen LogP contribution in [0.5, 0.6) is 0 Å². The van der Waals surface area contributed by atoms with Crippen LogP contribution >= 0.6 is 0 Å². The molecule has 0 heterocycles. The summed E-state index contributed by atoms with van der Waals surface area (Å²) in [4.78, 5) is 0. The van der Waals surface area contributed by atoms with Crippen LogP contribution in [0.3, 0.4) is 0 Å². The van der Waals surface area contributed by atoms with Crippen molar-refractivity contribution in [3.63, 3.8) is 0 Å². The molecule has 0 bridgehead atoms. The van der Waals surface area contributed by atoms with E-state index in [9.17, 15) is 0 Å². The van der Waals surface area contributed by atoms with Crippen molar-refractivity contribution in [3.8, 4) is 0 Å². The minimum atomic E-state index is 0. The molecule has 1 aliphatic rings. The summed E-state index contributed by atoms with van der Waals surface area (Å²) in [6.07, 6.45) is 3.24. The van der Waals surface area contributed by atoms with E-state index >= 15 is 0 Å². The van der Waals surface area contributed by atoms with Crippen LogP contribution in [0.1, 0.15) is 11.1 Å². The first-order chi connectivity index (χ1) is 4.86. The topological polar surface area (TPSA) is 0 Å². The Bertz CT molecular complexity index is 291. The molecule has 0 N–H and O–H groups in total. The Morgan fingerprint density at radius 3 is 2.64 bits per heavy atom. The third-order valence-corrected chi connectivity index (χ3v) is 2.09. The summed E-state index contributed by atoms with van der Waals surface area (Å²) < 4.78 is 0. The molecule has 0 aliphatic heterocycles. The van der Waals surface area contributed by atoms with Gasteiger partial charge in [-0.15, -0.1) is 0 Å². The predicted molar refractivity (Wildman–Crippen MR) is 43.9 cm³/mol. The third-order valence-electron chi connectivity index (χ3n) is 1.77. The van der Waals surface area contributed by atoms with Gasteiger partial charge >= 0.3 is 21.7 Å². The minimum absolute atomic E-state index is 0. The fraction of sp³-hybridized carbons (Fsp3) is 0.111. The number of allylic oxidation sites excluding steroid dienone is 1. The van der Waals surface area contributed by atoms with Crippen LogP contribution in [0.25, 0.3) is 6.08 Å². The molecule has 0 amide bonds. The van der Waals surface area contributed by atoms with Crippen molar-refractivity contribution in [2.24, 2.45) is 0 Å². The Morgan fingerprint density at radius 2 is 1.91 bits per heavy atom. The molecule has 0 saturated heterocycles. The first kappa shape index (κ1) is 8.98. The van der Waals surface area contributed by atoms with Gasteiger partial charge in [-0.3, -0.25) is 0 Å². The summed E-state index contributed by atoms with van der Waals surface area (Å²) in [6, 6.07) is 8.46. The van der Waals surface area contributed by atoms with Crippen molar-refractivity contribution >= 4 is 16.3 Å². The summed E-state index contributed by atoms with van der Waals surface area (Å²) in [5.74, 6) is 0.